The van der Waals surface area contributed by atoms with E-state index >= 15 is 0 Å². The fourth-order valence-electron chi connectivity index (χ4n) is 6.74. The molecule has 162 valence electrons. The van der Waals surface area contributed by atoms with Crippen LogP contribution >= 0.6 is 0 Å². The van der Waals surface area contributed by atoms with Crippen molar-refractivity contribution in [2.45, 2.75) is 48.7 Å². The third-order valence-electron chi connectivity index (χ3n) is 8.08. The first-order valence-corrected chi connectivity index (χ1v) is 10.7. The van der Waals surface area contributed by atoms with Crippen LogP contribution in [0.1, 0.15) is 18.4 Å². The minimum Gasteiger partial charge on any atom is -0.632 e. The van der Waals surface area contributed by atoms with Crippen LogP contribution in [-0.2, 0) is 16.0 Å². The zero-order valence-corrected chi connectivity index (χ0v) is 17.2. The maximum atomic E-state index is 13.5. The van der Waals surface area contributed by atoms with Crippen molar-refractivity contribution < 1.29 is 29.5 Å². The molecule has 31 heavy (non-hydrogen) atoms. The number of aliphatic hydroxyl groups excluding tert-OH is 1. The van der Waals surface area contributed by atoms with E-state index in [0.29, 0.717) is 11.1 Å². The zero-order valence-electron chi connectivity index (χ0n) is 17.2. The molecule has 7 atom stereocenters. The van der Waals surface area contributed by atoms with Crippen LogP contribution in [0.3, 0.4) is 0 Å². The van der Waals surface area contributed by atoms with Crippen LogP contribution in [0.5, 0.6) is 0 Å². The number of ketones is 1. The molecule has 2 unspecified atom stereocenters. The van der Waals surface area contributed by atoms with Crippen molar-refractivity contribution in [2.75, 3.05) is 13.6 Å². The van der Waals surface area contributed by atoms with Crippen LogP contribution in [0.2, 0.25) is 0 Å². The van der Waals surface area contributed by atoms with E-state index in [4.69, 9.17) is 4.74 Å². The second kappa shape index (κ2) is 5.74. The molecule has 2 bridgehead atoms. The molecule has 5 aliphatic rings. The lowest BCUT2D eigenvalue weighted by molar-refractivity contribution is -0.893. The Balaban J connectivity index is 1.59. The van der Waals surface area contributed by atoms with Gasteiger partial charge in [-0.05, 0) is 11.6 Å². The van der Waals surface area contributed by atoms with Gasteiger partial charge >= 0.3 is 0 Å². The highest BCUT2D eigenvalue weighted by molar-refractivity contribution is 6.07. The lowest BCUT2D eigenvalue weighted by atomic mass is 9.48. The van der Waals surface area contributed by atoms with Crippen LogP contribution in [0.25, 0.3) is 0 Å². The number of aliphatic hydroxyl groups is 3. The SMILES string of the molecule is C[N+]1([O-])CC[C@]23C4=C5O[C@H]2[C@@H](O)C=C[C@@]3(O)[C@H]1C(=O)C4=CCC5(O)Cc1ccccc1. The van der Waals surface area contributed by atoms with Gasteiger partial charge in [0.2, 0.25) is 5.78 Å². The van der Waals surface area contributed by atoms with Crippen molar-refractivity contribution in [3.8, 4) is 0 Å². The third-order valence-corrected chi connectivity index (χ3v) is 8.08. The van der Waals surface area contributed by atoms with E-state index in [2.05, 4.69) is 0 Å². The molecule has 2 fully saturated rings. The summed E-state index contributed by atoms with van der Waals surface area (Å²) in [5.41, 5.74) is -2.60. The smallest absolute Gasteiger partial charge is 0.223 e. The number of hydrogen-bond acceptors (Lipinski definition) is 6. The van der Waals surface area contributed by atoms with Gasteiger partial charge in [0.1, 0.15) is 23.6 Å². The Morgan fingerprint density at radius 1 is 1.26 bits per heavy atom. The zero-order chi connectivity index (χ0) is 21.8. The molecule has 1 spiro atoms. The van der Waals surface area contributed by atoms with E-state index in [1.807, 2.05) is 30.3 Å². The Morgan fingerprint density at radius 2 is 2.00 bits per heavy atom. The van der Waals surface area contributed by atoms with E-state index in [9.17, 15) is 25.3 Å². The van der Waals surface area contributed by atoms with E-state index < -0.39 is 45.3 Å². The molecule has 3 N–H and O–H groups in total. The molecule has 0 amide bonds. The monoisotopic (exact) mass is 423 g/mol. The van der Waals surface area contributed by atoms with Crippen molar-refractivity contribution >= 4 is 5.78 Å². The van der Waals surface area contributed by atoms with Crippen molar-refractivity contribution in [1.29, 1.82) is 0 Å². The van der Waals surface area contributed by atoms with Gasteiger partial charge in [0.15, 0.2) is 11.6 Å². The van der Waals surface area contributed by atoms with Crippen LogP contribution in [0.4, 0.5) is 0 Å². The molecule has 6 rings (SSSR count). The van der Waals surface area contributed by atoms with Gasteiger partial charge in [-0.3, -0.25) is 4.79 Å². The topological polar surface area (TPSA) is 110 Å². The van der Waals surface area contributed by atoms with Crippen LogP contribution in [0, 0.1) is 10.6 Å². The summed E-state index contributed by atoms with van der Waals surface area (Å²) in [5.74, 6) is -0.163. The molecule has 7 nitrogen and oxygen atoms in total. The Labute approximate surface area is 179 Å². The first-order valence-electron chi connectivity index (χ1n) is 10.7. The van der Waals surface area contributed by atoms with Crippen molar-refractivity contribution in [3.05, 3.63) is 76.2 Å². The van der Waals surface area contributed by atoms with Gasteiger partial charge < -0.3 is 29.9 Å². The largest absolute Gasteiger partial charge is 0.632 e. The summed E-state index contributed by atoms with van der Waals surface area (Å²) in [7, 11) is 1.42. The van der Waals surface area contributed by atoms with Crippen molar-refractivity contribution in [1.82, 2.24) is 0 Å². The molecule has 0 radical (unpaired) electrons. The number of likely N-dealkylation sites (N-methyl/N-ethyl adjacent to an activating group) is 1. The van der Waals surface area contributed by atoms with Crippen molar-refractivity contribution in [2.24, 2.45) is 5.41 Å². The summed E-state index contributed by atoms with van der Waals surface area (Å²) in [6.07, 6.45) is 3.31. The summed E-state index contributed by atoms with van der Waals surface area (Å²) in [6, 6.07) is 8.28. The van der Waals surface area contributed by atoms with Crippen molar-refractivity contribution in [3.63, 3.8) is 0 Å². The number of hydrogen-bond donors (Lipinski definition) is 3. The molecule has 1 aromatic rings. The second-order valence-corrected chi connectivity index (χ2v) is 9.82. The Morgan fingerprint density at radius 3 is 2.74 bits per heavy atom. The fourth-order valence-corrected chi connectivity index (χ4v) is 6.74. The Hall–Kier alpha value is -2.29. The molecule has 2 aliphatic heterocycles. The molecule has 7 heteroatoms. The number of piperidine rings is 1. The lowest BCUT2D eigenvalue weighted by Crippen LogP contribution is -2.79. The number of quaternary nitrogens is 1. The molecular weight excluding hydrogens is 398 g/mol. The van der Waals surface area contributed by atoms with Gasteiger partial charge in [-0.25, -0.2) is 0 Å². The van der Waals surface area contributed by atoms with Crippen LogP contribution in [-0.4, -0.2) is 68.8 Å². The highest BCUT2D eigenvalue weighted by Crippen LogP contribution is 2.67. The van der Waals surface area contributed by atoms with Gasteiger partial charge in [-0.15, -0.1) is 0 Å². The number of ether oxygens (including phenoxy) is 1. The highest BCUT2D eigenvalue weighted by atomic mass is 16.6. The number of carbonyl (C=O) groups excluding carboxylic acids is 1. The van der Waals surface area contributed by atoms with E-state index in [0.717, 1.165) is 5.56 Å². The number of carbonyl (C=O) groups is 1. The predicted octanol–water partition coefficient (Wildman–Crippen LogP) is 0.891. The van der Waals surface area contributed by atoms with E-state index in [1.54, 1.807) is 6.08 Å². The van der Waals surface area contributed by atoms with Crippen LogP contribution in [0.15, 0.2) is 65.5 Å². The second-order valence-electron chi connectivity index (χ2n) is 9.82. The first kappa shape index (κ1) is 19.4. The maximum absolute atomic E-state index is 13.5. The van der Waals surface area contributed by atoms with Gasteiger partial charge in [0.25, 0.3) is 0 Å². The van der Waals surface area contributed by atoms with Gasteiger partial charge in [-0.1, -0.05) is 42.5 Å². The number of likely N-dealkylation sites (tertiary alicyclic amines) is 1. The first-order chi connectivity index (χ1) is 14.6. The van der Waals surface area contributed by atoms with Gasteiger partial charge in [-0.2, -0.15) is 0 Å². The summed E-state index contributed by atoms with van der Waals surface area (Å²) >= 11 is 0. The van der Waals surface area contributed by atoms with Gasteiger partial charge in [0.05, 0.1) is 19.0 Å². The summed E-state index contributed by atoms with van der Waals surface area (Å²) in [5, 5.41) is 47.8. The number of nitrogens with zero attached hydrogens (tertiary/aromatic N) is 1. The molecule has 3 aliphatic carbocycles. The van der Waals surface area contributed by atoms with E-state index in [1.165, 1.54) is 19.2 Å². The minimum absolute atomic E-state index is 0.111. The summed E-state index contributed by atoms with van der Waals surface area (Å²) < 4.78 is 5.40. The number of hydroxylamine groups is 3. The Bertz CT molecular complexity index is 1090. The highest BCUT2D eigenvalue weighted by Gasteiger charge is 2.78. The average Bonchev–Trinajstić information content (AvgIpc) is 3.08. The molecule has 1 aromatic carbocycles. The lowest BCUT2D eigenvalue weighted by Gasteiger charge is -2.65. The number of benzene rings is 1. The number of rotatable bonds is 2. The quantitative estimate of drug-likeness (QED) is 0.370. The molecule has 2 heterocycles. The molecule has 1 saturated heterocycles. The predicted molar refractivity (Wildman–Crippen MR) is 110 cm³/mol. The molecule has 0 aromatic heterocycles. The summed E-state index contributed by atoms with van der Waals surface area (Å²) in [4.78, 5) is 13.5. The Kier molecular flexibility index (Phi) is 3.59. The van der Waals surface area contributed by atoms with Gasteiger partial charge in [0, 0.05) is 30.4 Å². The van der Waals surface area contributed by atoms with E-state index in [-0.39, 0.29) is 31.6 Å². The maximum Gasteiger partial charge on any atom is 0.223 e. The third kappa shape index (κ3) is 2.13. The number of Topliss-reactive ketones (excluding diaryl/α,β-unsaturated/α-hetero) is 1. The normalized spacial score (nSPS) is 47.1. The molecule has 1 saturated carbocycles. The molecular formula is C24H25NO6. The summed E-state index contributed by atoms with van der Waals surface area (Å²) in [6.45, 7) is 0.111. The van der Waals surface area contributed by atoms with Crippen LogP contribution < -0.4 is 0 Å². The standard InChI is InChI=1S/C24H25NO6/c1-25(30)12-11-23-17-15-7-9-22(28,13-14-5-3-2-4-6-14)21(17)31-20(23)16(26)8-10-24(23,29)19(25)18(15)27/h2-8,10,16,19-20,26,28-29H,9,11-13H2,1H3/t16-,19+,20-,22?,23-,24+,25?/m0/s1. The average molecular weight is 423 g/mol. The minimum atomic E-state index is -1.79. The fraction of sp³-hybridized carbons (Fsp3) is 0.458.